The highest BCUT2D eigenvalue weighted by Gasteiger charge is 2.13. The Labute approximate surface area is 198 Å². The number of rotatable bonds is 7. The van der Waals surface area contributed by atoms with Crippen molar-refractivity contribution in [1.29, 1.82) is 0 Å². The van der Waals surface area contributed by atoms with Crippen LogP contribution in [-0.2, 0) is 19.3 Å². The molecule has 3 aromatic carbocycles. The predicted octanol–water partition coefficient (Wildman–Crippen LogP) is 7.90. The summed E-state index contributed by atoms with van der Waals surface area (Å²) in [5.74, 6) is 6.42. The largest absolute Gasteiger partial charge is 0.322 e. The van der Waals surface area contributed by atoms with Gasteiger partial charge in [-0.25, -0.2) is 0 Å². The van der Waals surface area contributed by atoms with Crippen LogP contribution >= 0.6 is 0 Å². The van der Waals surface area contributed by atoms with Gasteiger partial charge in [-0.3, -0.25) is 0 Å². The molecular weight excluding hydrogens is 398 g/mol. The molecule has 1 heterocycles. The lowest BCUT2D eigenvalue weighted by molar-refractivity contribution is 0.958. The zero-order chi connectivity index (χ0) is 23.2. The second-order valence-corrected chi connectivity index (χ2v) is 8.52. The molecule has 0 saturated carbocycles. The molecule has 0 radical (unpaired) electrons. The van der Waals surface area contributed by atoms with E-state index in [0.717, 1.165) is 41.6 Å². The lowest BCUT2D eigenvalue weighted by atomic mass is 9.94. The van der Waals surface area contributed by atoms with E-state index in [1.807, 2.05) is 13.8 Å². The Morgan fingerprint density at radius 3 is 2.18 bits per heavy atom. The monoisotopic (exact) mass is 429 g/mol. The number of nitrogens with zero attached hydrogens (tertiary/aromatic N) is 1. The number of benzene rings is 3. The van der Waals surface area contributed by atoms with Crippen LogP contribution in [0.5, 0.6) is 0 Å². The van der Waals surface area contributed by atoms with Crippen LogP contribution in [0.3, 0.4) is 0 Å². The summed E-state index contributed by atoms with van der Waals surface area (Å²) < 4.78 is 2.18. The van der Waals surface area contributed by atoms with Crippen LogP contribution in [0.25, 0.3) is 22.4 Å². The van der Waals surface area contributed by atoms with Gasteiger partial charge in [0.15, 0.2) is 0 Å². The van der Waals surface area contributed by atoms with Gasteiger partial charge in [0.1, 0.15) is 0 Å². The second kappa shape index (κ2) is 10.2. The van der Waals surface area contributed by atoms with Gasteiger partial charge in [0, 0.05) is 23.6 Å². The van der Waals surface area contributed by atoms with Crippen LogP contribution in [0, 0.1) is 11.8 Å². The zero-order valence-electron chi connectivity index (χ0n) is 19.9. The molecule has 0 bridgehead atoms. The van der Waals surface area contributed by atoms with Gasteiger partial charge in [-0.2, -0.15) is 0 Å². The third-order valence-electron chi connectivity index (χ3n) is 6.17. The summed E-state index contributed by atoms with van der Waals surface area (Å²) in [6.45, 7) is 10.2. The Balaban J connectivity index is 1.66. The molecule has 164 valence electrons. The summed E-state index contributed by atoms with van der Waals surface area (Å²) >= 11 is 0. The molecule has 33 heavy (non-hydrogen) atoms. The molecule has 1 aromatic heterocycles. The van der Waals surface area contributed by atoms with E-state index in [-0.39, 0.29) is 0 Å². The van der Waals surface area contributed by atoms with Gasteiger partial charge in [0.05, 0.1) is 5.56 Å². The van der Waals surface area contributed by atoms with Crippen LogP contribution in [0.15, 0.2) is 91.8 Å². The van der Waals surface area contributed by atoms with Gasteiger partial charge in [-0.15, -0.1) is 5.92 Å². The minimum absolute atomic E-state index is 0.999. The molecular formula is C32H31N. The molecule has 0 N–H and O–H groups in total. The Morgan fingerprint density at radius 2 is 1.52 bits per heavy atom. The smallest absolute Gasteiger partial charge is 0.0504 e. The molecule has 0 aliphatic carbocycles. The minimum atomic E-state index is 0.999. The quantitative estimate of drug-likeness (QED) is 0.263. The van der Waals surface area contributed by atoms with Gasteiger partial charge in [0.25, 0.3) is 0 Å². The average Bonchev–Trinajstić information content (AvgIpc) is 3.27. The molecule has 0 fully saturated rings. The summed E-state index contributed by atoms with van der Waals surface area (Å²) in [6.07, 6.45) is 7.46. The van der Waals surface area contributed by atoms with E-state index in [1.165, 1.54) is 27.8 Å². The van der Waals surface area contributed by atoms with Crippen molar-refractivity contribution in [2.75, 3.05) is 0 Å². The molecule has 0 amide bonds. The Kier molecular flexibility index (Phi) is 6.96. The molecule has 4 rings (SSSR count). The van der Waals surface area contributed by atoms with Crippen molar-refractivity contribution < 1.29 is 0 Å². The lowest BCUT2D eigenvalue weighted by Crippen LogP contribution is -1.95. The first-order valence-electron chi connectivity index (χ1n) is 11.7. The highest BCUT2D eigenvalue weighted by atomic mass is 14.9. The first-order chi connectivity index (χ1) is 16.1. The third kappa shape index (κ3) is 5.18. The Hall–Kier alpha value is -3.76. The van der Waals surface area contributed by atoms with Crippen LogP contribution in [-0.4, -0.2) is 4.57 Å². The van der Waals surface area contributed by atoms with Crippen molar-refractivity contribution in [3.05, 3.63) is 120 Å². The van der Waals surface area contributed by atoms with Crippen LogP contribution in [0.1, 0.15) is 48.6 Å². The SMILES string of the molecule is C=C(C)c1ccc(-n2cc(C#CC)c(-c3ccccc3CCc3ccc(CC)cc3)c2)cc1. The zero-order valence-corrected chi connectivity index (χ0v) is 19.9. The standard InChI is InChI=1S/C32H31N/c1-5-9-29-22-33(30-20-18-27(19-21-30)24(3)4)23-32(29)31-11-8-7-10-28(31)17-16-26-14-12-25(6-2)13-15-26/h7-8,10-15,18-23H,3,6,16-17H2,1-2,4H3. The molecule has 0 saturated heterocycles. The maximum atomic E-state index is 4.04. The Morgan fingerprint density at radius 1 is 0.818 bits per heavy atom. The van der Waals surface area contributed by atoms with E-state index in [2.05, 4.69) is 115 Å². The Bertz CT molecular complexity index is 1310. The fourth-order valence-electron chi connectivity index (χ4n) is 4.19. The molecule has 0 spiro atoms. The fraction of sp³-hybridized carbons (Fsp3) is 0.188. The lowest BCUT2D eigenvalue weighted by Gasteiger charge is -2.10. The van der Waals surface area contributed by atoms with Crippen molar-refractivity contribution in [1.82, 2.24) is 4.57 Å². The first kappa shape index (κ1) is 22.4. The summed E-state index contributed by atoms with van der Waals surface area (Å²) in [6, 6.07) is 26.3. The minimum Gasteiger partial charge on any atom is -0.322 e. The van der Waals surface area contributed by atoms with Crippen LogP contribution in [0.2, 0.25) is 0 Å². The van der Waals surface area contributed by atoms with Crippen molar-refractivity contribution in [3.8, 4) is 28.7 Å². The molecule has 0 unspecified atom stereocenters. The van der Waals surface area contributed by atoms with E-state index in [9.17, 15) is 0 Å². The first-order valence-corrected chi connectivity index (χ1v) is 11.7. The number of allylic oxidation sites excluding steroid dienone is 1. The van der Waals surface area contributed by atoms with Crippen molar-refractivity contribution in [3.63, 3.8) is 0 Å². The van der Waals surface area contributed by atoms with Crippen LogP contribution in [0.4, 0.5) is 0 Å². The topological polar surface area (TPSA) is 4.93 Å². The second-order valence-electron chi connectivity index (χ2n) is 8.52. The molecule has 1 nitrogen and oxygen atoms in total. The number of aryl methyl sites for hydroxylation is 3. The highest BCUT2D eigenvalue weighted by Crippen LogP contribution is 2.30. The molecule has 1 heteroatoms. The third-order valence-corrected chi connectivity index (χ3v) is 6.17. The molecule has 0 aliphatic rings. The van der Waals surface area contributed by atoms with E-state index < -0.39 is 0 Å². The summed E-state index contributed by atoms with van der Waals surface area (Å²) in [4.78, 5) is 0. The van der Waals surface area contributed by atoms with Gasteiger partial charge in [-0.05, 0) is 73.1 Å². The molecule has 0 atom stereocenters. The highest BCUT2D eigenvalue weighted by molar-refractivity contribution is 5.74. The van der Waals surface area contributed by atoms with Crippen molar-refractivity contribution in [2.45, 2.75) is 40.0 Å². The van der Waals surface area contributed by atoms with Gasteiger partial charge in [0.2, 0.25) is 0 Å². The number of aromatic nitrogens is 1. The number of hydrogen-bond donors (Lipinski definition) is 0. The van der Waals surface area contributed by atoms with Gasteiger partial charge >= 0.3 is 0 Å². The van der Waals surface area contributed by atoms with Crippen LogP contribution < -0.4 is 0 Å². The van der Waals surface area contributed by atoms with E-state index in [0.29, 0.717) is 0 Å². The van der Waals surface area contributed by atoms with E-state index >= 15 is 0 Å². The summed E-state index contributed by atoms with van der Waals surface area (Å²) in [5, 5.41) is 0. The maximum absolute atomic E-state index is 4.04. The van der Waals surface area contributed by atoms with E-state index in [1.54, 1.807) is 0 Å². The predicted molar refractivity (Wildman–Crippen MR) is 142 cm³/mol. The fourth-order valence-corrected chi connectivity index (χ4v) is 4.19. The van der Waals surface area contributed by atoms with Crippen molar-refractivity contribution >= 4 is 5.57 Å². The van der Waals surface area contributed by atoms with Gasteiger partial charge in [-0.1, -0.05) is 85.7 Å². The van der Waals surface area contributed by atoms with Gasteiger partial charge < -0.3 is 4.57 Å². The molecule has 4 aromatic rings. The number of hydrogen-bond acceptors (Lipinski definition) is 0. The summed E-state index contributed by atoms with van der Waals surface area (Å²) in [5.41, 5.74) is 11.0. The average molecular weight is 430 g/mol. The maximum Gasteiger partial charge on any atom is 0.0504 e. The normalized spacial score (nSPS) is 10.5. The van der Waals surface area contributed by atoms with Crippen molar-refractivity contribution in [2.24, 2.45) is 0 Å². The summed E-state index contributed by atoms with van der Waals surface area (Å²) in [7, 11) is 0. The van der Waals surface area contributed by atoms with E-state index in [4.69, 9.17) is 0 Å². The molecule has 0 aliphatic heterocycles.